The number of aryl methyl sites for hydroxylation is 1. The SMILES string of the molecule is Cc1ccc(S(=O)(=O)N(Cc2ccccc2)[C@@](Cc2c[nH]cn2)(C(=O)O)C(=O)[C@H]2NC(C)(C)CS2)cc1. The fourth-order valence-corrected chi connectivity index (χ4v) is 7.45. The molecular weight excluding hydrogens is 512 g/mol. The molecule has 3 aromatic rings. The number of aromatic amines is 1. The average molecular weight is 543 g/mol. The third kappa shape index (κ3) is 5.49. The van der Waals surface area contributed by atoms with E-state index < -0.39 is 44.6 Å². The lowest BCUT2D eigenvalue weighted by Gasteiger charge is -2.39. The van der Waals surface area contributed by atoms with Gasteiger partial charge in [-0.15, -0.1) is 11.8 Å². The van der Waals surface area contributed by atoms with Crippen molar-refractivity contribution >= 4 is 33.5 Å². The third-order valence-corrected chi connectivity index (χ3v) is 9.77. The molecule has 0 bridgehead atoms. The van der Waals surface area contributed by atoms with Crippen LogP contribution in [0.3, 0.4) is 0 Å². The normalized spacial score (nSPS) is 19.0. The molecule has 9 nitrogen and oxygen atoms in total. The quantitative estimate of drug-likeness (QED) is 0.333. The highest BCUT2D eigenvalue weighted by Gasteiger charge is 2.59. The van der Waals surface area contributed by atoms with Crippen molar-refractivity contribution in [2.24, 2.45) is 0 Å². The molecule has 0 amide bonds. The molecule has 0 saturated carbocycles. The van der Waals surface area contributed by atoms with Crippen LogP contribution in [0.4, 0.5) is 0 Å². The summed E-state index contributed by atoms with van der Waals surface area (Å²) in [5.74, 6) is -1.74. The molecule has 0 unspecified atom stereocenters. The van der Waals surface area contributed by atoms with Gasteiger partial charge in [-0.25, -0.2) is 18.2 Å². The Bertz CT molecular complexity index is 1360. The van der Waals surface area contributed by atoms with Crippen molar-refractivity contribution in [3.63, 3.8) is 0 Å². The number of nitrogens with zero attached hydrogens (tertiary/aromatic N) is 2. The Hall–Kier alpha value is -2.99. The first kappa shape index (κ1) is 27.1. The number of aromatic nitrogens is 2. The van der Waals surface area contributed by atoms with E-state index in [0.29, 0.717) is 11.3 Å². The molecule has 2 aromatic carbocycles. The number of thioether (sulfide) groups is 1. The molecule has 1 aliphatic rings. The number of aliphatic carboxylic acids is 1. The number of hydrogen-bond donors (Lipinski definition) is 3. The summed E-state index contributed by atoms with van der Waals surface area (Å²) in [6, 6.07) is 14.8. The first-order valence-corrected chi connectivity index (χ1v) is 14.2. The first-order valence-electron chi connectivity index (χ1n) is 11.7. The molecule has 11 heteroatoms. The number of carboxylic acid groups (broad SMARTS) is 1. The second-order valence-electron chi connectivity index (χ2n) is 9.80. The second-order valence-corrected chi connectivity index (χ2v) is 12.8. The maximum absolute atomic E-state index is 14.3. The molecule has 4 rings (SSSR count). The molecule has 0 aliphatic carbocycles. The number of hydrogen-bond acceptors (Lipinski definition) is 7. The minimum absolute atomic E-state index is 0.0955. The number of ketones is 1. The predicted octanol–water partition coefficient (Wildman–Crippen LogP) is 2.99. The second kappa shape index (κ2) is 10.4. The number of carbonyl (C=O) groups excluding carboxylic acids is 1. The average Bonchev–Trinajstić information content (AvgIpc) is 3.50. The van der Waals surface area contributed by atoms with Gasteiger partial charge < -0.3 is 10.1 Å². The summed E-state index contributed by atoms with van der Waals surface area (Å²) in [6.45, 7) is 5.33. The van der Waals surface area contributed by atoms with Gasteiger partial charge in [-0.1, -0.05) is 48.0 Å². The molecule has 3 N–H and O–H groups in total. The van der Waals surface area contributed by atoms with E-state index in [1.807, 2.05) is 20.8 Å². The number of carbonyl (C=O) groups is 2. The number of H-pyrrole nitrogens is 1. The summed E-state index contributed by atoms with van der Waals surface area (Å²) >= 11 is 1.27. The molecule has 2 atom stereocenters. The van der Waals surface area contributed by atoms with Crippen LogP contribution < -0.4 is 5.32 Å². The molecule has 1 saturated heterocycles. The zero-order chi connectivity index (χ0) is 26.8. The molecule has 0 radical (unpaired) electrons. The van der Waals surface area contributed by atoms with Crippen molar-refractivity contribution < 1.29 is 23.1 Å². The van der Waals surface area contributed by atoms with Crippen molar-refractivity contribution in [1.82, 2.24) is 19.6 Å². The van der Waals surface area contributed by atoms with Crippen LogP contribution in [0.1, 0.15) is 30.7 Å². The number of Topliss-reactive ketones (excluding diaryl/α,β-unsaturated/α-hetero) is 1. The van der Waals surface area contributed by atoms with E-state index in [1.165, 1.54) is 36.4 Å². The number of benzene rings is 2. The maximum Gasteiger partial charge on any atom is 0.333 e. The molecule has 37 heavy (non-hydrogen) atoms. The van der Waals surface area contributed by atoms with E-state index in [9.17, 15) is 23.1 Å². The lowest BCUT2D eigenvalue weighted by atomic mass is 9.87. The number of carboxylic acids is 1. The van der Waals surface area contributed by atoms with Gasteiger partial charge in [0.25, 0.3) is 0 Å². The van der Waals surface area contributed by atoms with Gasteiger partial charge in [0.05, 0.1) is 16.9 Å². The summed E-state index contributed by atoms with van der Waals surface area (Å²) in [5.41, 5.74) is -1.25. The third-order valence-electron chi connectivity index (χ3n) is 6.33. The van der Waals surface area contributed by atoms with Crippen LogP contribution >= 0.6 is 11.8 Å². The largest absolute Gasteiger partial charge is 0.479 e. The van der Waals surface area contributed by atoms with Gasteiger partial charge in [0.15, 0.2) is 11.3 Å². The Labute approximate surface area is 220 Å². The van der Waals surface area contributed by atoms with Crippen molar-refractivity contribution in [1.29, 1.82) is 0 Å². The van der Waals surface area contributed by atoms with Gasteiger partial charge in [-0.2, -0.15) is 4.31 Å². The Morgan fingerprint density at radius 2 is 1.84 bits per heavy atom. The summed E-state index contributed by atoms with van der Waals surface area (Å²) in [4.78, 5) is 34.4. The van der Waals surface area contributed by atoms with Crippen LogP contribution in [0, 0.1) is 6.92 Å². The number of rotatable bonds is 10. The van der Waals surface area contributed by atoms with E-state index in [4.69, 9.17) is 0 Å². The monoisotopic (exact) mass is 542 g/mol. The van der Waals surface area contributed by atoms with Crippen LogP contribution in [0.25, 0.3) is 0 Å². The van der Waals surface area contributed by atoms with E-state index in [2.05, 4.69) is 15.3 Å². The highest BCUT2D eigenvalue weighted by molar-refractivity contribution is 8.00. The van der Waals surface area contributed by atoms with Gasteiger partial charge in [0, 0.05) is 30.5 Å². The molecule has 196 valence electrons. The summed E-state index contributed by atoms with van der Waals surface area (Å²) in [6.07, 6.45) is 2.40. The van der Waals surface area contributed by atoms with E-state index in [1.54, 1.807) is 42.5 Å². The molecule has 0 spiro atoms. The van der Waals surface area contributed by atoms with Gasteiger partial charge in [-0.3, -0.25) is 10.1 Å². The molecule has 1 aromatic heterocycles. The van der Waals surface area contributed by atoms with Crippen molar-refractivity contribution in [2.45, 2.75) is 55.1 Å². The maximum atomic E-state index is 14.3. The minimum atomic E-state index is -4.47. The minimum Gasteiger partial charge on any atom is -0.479 e. The zero-order valence-corrected chi connectivity index (χ0v) is 22.5. The van der Waals surface area contributed by atoms with E-state index in [0.717, 1.165) is 9.87 Å². The first-order chi connectivity index (χ1) is 17.5. The molecule has 1 fully saturated rings. The van der Waals surface area contributed by atoms with E-state index >= 15 is 0 Å². The Morgan fingerprint density at radius 3 is 2.38 bits per heavy atom. The van der Waals surface area contributed by atoms with Gasteiger partial charge in [0.1, 0.15) is 5.37 Å². The van der Waals surface area contributed by atoms with Crippen LogP contribution in [0.5, 0.6) is 0 Å². The summed E-state index contributed by atoms with van der Waals surface area (Å²) < 4.78 is 29.3. The van der Waals surface area contributed by atoms with Crippen molar-refractivity contribution in [3.8, 4) is 0 Å². The summed E-state index contributed by atoms with van der Waals surface area (Å²) in [5, 5.41) is 13.1. The number of nitrogens with one attached hydrogen (secondary N) is 2. The highest BCUT2D eigenvalue weighted by Crippen LogP contribution is 2.37. The van der Waals surface area contributed by atoms with Gasteiger partial charge in [0.2, 0.25) is 10.0 Å². The van der Waals surface area contributed by atoms with Crippen LogP contribution in [0.2, 0.25) is 0 Å². The fourth-order valence-electron chi connectivity index (χ4n) is 4.34. The van der Waals surface area contributed by atoms with E-state index in [-0.39, 0.29) is 17.1 Å². The molecule has 2 heterocycles. The van der Waals surface area contributed by atoms with Gasteiger partial charge in [-0.05, 0) is 38.5 Å². The molecule has 1 aliphatic heterocycles. The number of imidazole rings is 1. The van der Waals surface area contributed by atoms with Gasteiger partial charge >= 0.3 is 5.97 Å². The highest BCUT2D eigenvalue weighted by atomic mass is 32.2. The fraction of sp³-hybridized carbons (Fsp3) is 0.346. The van der Waals surface area contributed by atoms with Crippen LogP contribution in [-0.2, 0) is 32.6 Å². The van der Waals surface area contributed by atoms with Crippen molar-refractivity contribution in [3.05, 3.63) is 83.9 Å². The Balaban J connectivity index is 1.94. The molecular formula is C26H30N4O5S2. The van der Waals surface area contributed by atoms with Crippen LogP contribution in [-0.4, -0.2) is 61.8 Å². The predicted molar refractivity (Wildman–Crippen MR) is 141 cm³/mol. The number of sulfonamides is 1. The standard InChI is InChI=1S/C26H30N4O5S2/c1-18-9-11-21(12-10-18)37(34,35)30(15-19-7-5-4-6-8-19)26(24(32)33,13-20-14-27-17-28-20)22(31)23-29-25(2,3)16-36-23/h4-12,14,17,23,29H,13,15-16H2,1-3H3,(H,27,28)(H,32,33)/t23-,26+/m0/s1. The van der Waals surface area contributed by atoms with Crippen molar-refractivity contribution in [2.75, 3.05) is 5.75 Å². The lowest BCUT2D eigenvalue weighted by Crippen LogP contribution is -2.66. The lowest BCUT2D eigenvalue weighted by molar-refractivity contribution is -0.155. The Kier molecular flexibility index (Phi) is 7.61. The summed E-state index contributed by atoms with van der Waals surface area (Å²) in [7, 11) is -4.47. The van der Waals surface area contributed by atoms with Crippen LogP contribution in [0.15, 0.2) is 72.0 Å². The smallest absolute Gasteiger partial charge is 0.333 e. The zero-order valence-electron chi connectivity index (χ0n) is 20.8. The Morgan fingerprint density at radius 1 is 1.16 bits per heavy atom. The topological polar surface area (TPSA) is 132 Å².